The molecule has 0 saturated heterocycles. The van der Waals surface area contributed by atoms with Gasteiger partial charge in [0.25, 0.3) is 11.8 Å². The number of imide groups is 1. The minimum atomic E-state index is -0.217. The summed E-state index contributed by atoms with van der Waals surface area (Å²) in [5.41, 5.74) is 3.14. The molecule has 4 rings (SSSR count). The van der Waals surface area contributed by atoms with Crippen LogP contribution in [0.15, 0.2) is 53.7 Å². The Bertz CT molecular complexity index is 1010. The highest BCUT2D eigenvalue weighted by Gasteiger charge is 2.34. The molecule has 2 aromatic carbocycles. The van der Waals surface area contributed by atoms with Crippen LogP contribution in [0.4, 0.5) is 0 Å². The molecular formula is C21H21N5O2S. The van der Waals surface area contributed by atoms with Gasteiger partial charge in [-0.25, -0.2) is 0 Å². The second kappa shape index (κ2) is 8.16. The molecule has 0 unspecified atom stereocenters. The summed E-state index contributed by atoms with van der Waals surface area (Å²) >= 11 is 1.51. The number of benzene rings is 2. The molecule has 2 heterocycles. The van der Waals surface area contributed by atoms with Crippen LogP contribution in [-0.2, 0) is 0 Å². The molecule has 7 nitrogen and oxygen atoms in total. The molecule has 29 heavy (non-hydrogen) atoms. The van der Waals surface area contributed by atoms with E-state index < -0.39 is 0 Å². The van der Waals surface area contributed by atoms with Crippen molar-refractivity contribution in [3.05, 3.63) is 65.2 Å². The third kappa shape index (κ3) is 3.80. The smallest absolute Gasteiger partial charge is 0.261 e. The molecule has 0 saturated carbocycles. The highest BCUT2D eigenvalue weighted by Crippen LogP contribution is 2.24. The predicted molar refractivity (Wildman–Crippen MR) is 110 cm³/mol. The number of carbonyl (C=O) groups is 2. The van der Waals surface area contributed by atoms with E-state index in [9.17, 15) is 9.59 Å². The number of hydrogen-bond donors (Lipinski definition) is 0. The third-order valence-corrected chi connectivity index (χ3v) is 5.89. The Hall–Kier alpha value is -3.00. The lowest BCUT2D eigenvalue weighted by molar-refractivity contribution is 0.0655. The van der Waals surface area contributed by atoms with E-state index in [-0.39, 0.29) is 11.8 Å². The van der Waals surface area contributed by atoms with Gasteiger partial charge in [0.05, 0.1) is 16.8 Å². The minimum absolute atomic E-state index is 0.217. The Labute approximate surface area is 173 Å². The van der Waals surface area contributed by atoms with Gasteiger partial charge < -0.3 is 0 Å². The number of amides is 2. The molecule has 8 heteroatoms. The molecule has 0 atom stereocenters. The van der Waals surface area contributed by atoms with Gasteiger partial charge in [-0.2, -0.15) is 4.68 Å². The first kappa shape index (κ1) is 19.3. The van der Waals surface area contributed by atoms with Crippen LogP contribution >= 0.6 is 11.8 Å². The van der Waals surface area contributed by atoms with Crippen molar-refractivity contribution in [1.29, 1.82) is 0 Å². The van der Waals surface area contributed by atoms with Gasteiger partial charge in [-0.15, -0.1) is 5.10 Å². The quantitative estimate of drug-likeness (QED) is 0.338. The first-order valence-corrected chi connectivity index (χ1v) is 10.5. The van der Waals surface area contributed by atoms with Crippen LogP contribution in [0.5, 0.6) is 0 Å². The largest absolute Gasteiger partial charge is 0.274 e. The summed E-state index contributed by atoms with van der Waals surface area (Å²) in [5.74, 6) is 0.725. The maximum Gasteiger partial charge on any atom is 0.261 e. The summed E-state index contributed by atoms with van der Waals surface area (Å²) in [6.07, 6.45) is 0.662. The summed E-state index contributed by atoms with van der Waals surface area (Å²) in [6, 6.07) is 15.1. The fraction of sp³-hybridized carbons (Fsp3) is 0.286. The van der Waals surface area contributed by atoms with Crippen LogP contribution in [0.3, 0.4) is 0 Å². The number of hydrogen-bond acceptors (Lipinski definition) is 6. The summed E-state index contributed by atoms with van der Waals surface area (Å²) in [5, 5.41) is 12.7. The van der Waals surface area contributed by atoms with Crippen LogP contribution in [0.2, 0.25) is 0 Å². The van der Waals surface area contributed by atoms with Crippen molar-refractivity contribution in [2.75, 3.05) is 12.3 Å². The van der Waals surface area contributed by atoms with Crippen molar-refractivity contribution in [3.63, 3.8) is 0 Å². The topological polar surface area (TPSA) is 81.0 Å². The average Bonchev–Trinajstić information content (AvgIpc) is 3.30. The monoisotopic (exact) mass is 407 g/mol. The zero-order valence-corrected chi connectivity index (χ0v) is 17.1. The fourth-order valence-electron chi connectivity index (χ4n) is 3.26. The van der Waals surface area contributed by atoms with Crippen LogP contribution in [0, 0.1) is 0 Å². The molecule has 0 bridgehead atoms. The number of carbonyl (C=O) groups excluding carboxylic acids is 2. The molecule has 1 aliphatic rings. The highest BCUT2D eigenvalue weighted by atomic mass is 32.2. The summed E-state index contributed by atoms with van der Waals surface area (Å²) in [7, 11) is 0. The van der Waals surface area contributed by atoms with E-state index in [4.69, 9.17) is 0 Å². The highest BCUT2D eigenvalue weighted by molar-refractivity contribution is 7.99. The Morgan fingerprint density at radius 2 is 1.62 bits per heavy atom. The summed E-state index contributed by atoms with van der Waals surface area (Å²) < 4.78 is 1.71. The van der Waals surface area contributed by atoms with Gasteiger partial charge in [0.2, 0.25) is 5.16 Å². The lowest BCUT2D eigenvalue weighted by Crippen LogP contribution is -2.31. The molecule has 1 aliphatic heterocycles. The number of aromatic nitrogens is 4. The van der Waals surface area contributed by atoms with E-state index in [1.807, 2.05) is 12.1 Å². The van der Waals surface area contributed by atoms with Crippen LogP contribution in [-0.4, -0.2) is 49.2 Å². The lowest BCUT2D eigenvalue weighted by Gasteiger charge is -2.13. The van der Waals surface area contributed by atoms with Crippen LogP contribution < -0.4 is 0 Å². The zero-order chi connectivity index (χ0) is 20.4. The molecule has 0 N–H and O–H groups in total. The van der Waals surface area contributed by atoms with E-state index in [1.165, 1.54) is 22.2 Å². The Balaban J connectivity index is 1.35. The summed E-state index contributed by atoms with van der Waals surface area (Å²) in [4.78, 5) is 26.1. The molecule has 0 radical (unpaired) electrons. The third-order valence-electron chi connectivity index (χ3n) is 4.88. The van der Waals surface area contributed by atoms with Gasteiger partial charge in [0, 0.05) is 12.3 Å². The maximum atomic E-state index is 12.4. The van der Waals surface area contributed by atoms with Crippen molar-refractivity contribution in [1.82, 2.24) is 25.1 Å². The molecule has 0 fully saturated rings. The van der Waals surface area contributed by atoms with Crippen molar-refractivity contribution < 1.29 is 9.59 Å². The predicted octanol–water partition coefficient (Wildman–Crippen LogP) is 3.56. The lowest BCUT2D eigenvalue weighted by atomic mass is 10.0. The number of thioether (sulfide) groups is 1. The summed E-state index contributed by atoms with van der Waals surface area (Å²) in [6.45, 7) is 4.69. The number of tetrazole rings is 1. The molecule has 3 aromatic rings. The molecular weight excluding hydrogens is 386 g/mol. The molecule has 148 valence electrons. The maximum absolute atomic E-state index is 12.4. The van der Waals surface area contributed by atoms with E-state index in [2.05, 4.69) is 41.5 Å². The first-order valence-electron chi connectivity index (χ1n) is 9.53. The fourth-order valence-corrected chi connectivity index (χ4v) is 4.07. The number of rotatable bonds is 7. The first-order chi connectivity index (χ1) is 14.1. The van der Waals surface area contributed by atoms with E-state index in [1.54, 1.807) is 28.9 Å². The normalized spacial score (nSPS) is 13.4. The van der Waals surface area contributed by atoms with Gasteiger partial charge >= 0.3 is 0 Å². The van der Waals surface area contributed by atoms with Crippen molar-refractivity contribution in [2.24, 2.45) is 0 Å². The van der Waals surface area contributed by atoms with Gasteiger partial charge in [0.15, 0.2) is 0 Å². The van der Waals surface area contributed by atoms with E-state index >= 15 is 0 Å². The van der Waals surface area contributed by atoms with Crippen LogP contribution in [0.1, 0.15) is 52.5 Å². The standard InChI is InChI=1S/C21H21N5O2S/c1-14(2)15-8-10-16(11-9-15)26-21(22-23-24-26)29-13-5-12-25-19(27)17-6-3-4-7-18(17)20(25)28/h3-4,6-11,14H,5,12-13H2,1-2H3. The number of fused-ring (bicyclic) bond motifs is 1. The molecule has 2 amide bonds. The average molecular weight is 407 g/mol. The SMILES string of the molecule is CC(C)c1ccc(-n2nnnc2SCCCN2C(=O)c3ccccc3C2=O)cc1. The van der Waals surface area contributed by atoms with Gasteiger partial charge in [-0.1, -0.05) is 49.9 Å². The Kier molecular flexibility index (Phi) is 5.44. The minimum Gasteiger partial charge on any atom is -0.274 e. The van der Waals surface area contributed by atoms with Crippen LogP contribution in [0.25, 0.3) is 5.69 Å². The zero-order valence-electron chi connectivity index (χ0n) is 16.3. The van der Waals surface area contributed by atoms with E-state index in [0.29, 0.717) is 40.9 Å². The Morgan fingerprint density at radius 3 is 2.24 bits per heavy atom. The molecule has 0 aliphatic carbocycles. The Morgan fingerprint density at radius 1 is 0.966 bits per heavy atom. The number of nitrogens with zero attached hydrogens (tertiary/aromatic N) is 5. The molecule has 1 aromatic heterocycles. The van der Waals surface area contributed by atoms with Gasteiger partial charge in [-0.05, 0) is 52.6 Å². The van der Waals surface area contributed by atoms with Crippen molar-refractivity contribution in [2.45, 2.75) is 31.3 Å². The van der Waals surface area contributed by atoms with Crippen molar-refractivity contribution >= 4 is 23.6 Å². The van der Waals surface area contributed by atoms with Crippen molar-refractivity contribution in [3.8, 4) is 5.69 Å². The van der Waals surface area contributed by atoms with Gasteiger partial charge in [-0.3, -0.25) is 14.5 Å². The second-order valence-corrected chi connectivity index (χ2v) is 8.19. The van der Waals surface area contributed by atoms with E-state index in [0.717, 1.165) is 5.69 Å². The van der Waals surface area contributed by atoms with Gasteiger partial charge in [0.1, 0.15) is 0 Å². The second-order valence-electron chi connectivity index (χ2n) is 7.13. The molecule has 0 spiro atoms.